The molecule has 4 heteroatoms. The maximum absolute atomic E-state index is 5.97. The second-order valence-corrected chi connectivity index (χ2v) is 4.66. The molecule has 1 aliphatic heterocycles. The number of rotatable bonds is 5. The van der Waals surface area contributed by atoms with E-state index in [1.807, 2.05) is 25.2 Å². The zero-order valence-corrected chi connectivity index (χ0v) is 10.7. The van der Waals surface area contributed by atoms with Gasteiger partial charge in [-0.1, -0.05) is 23.7 Å². The zero-order chi connectivity index (χ0) is 12.1. The normalized spacial score (nSPS) is 18.5. The predicted octanol–water partition coefficient (Wildman–Crippen LogP) is 2.23. The average Bonchev–Trinajstić information content (AvgIpc) is 2.81. The number of likely N-dealkylation sites (N-methyl/N-ethyl adjacent to an activating group) is 1. The minimum Gasteiger partial charge on any atom is -0.350 e. The Hall–Kier alpha value is -0.610. The van der Waals surface area contributed by atoms with Crippen LogP contribution in [0.4, 0.5) is 0 Å². The van der Waals surface area contributed by atoms with E-state index in [9.17, 15) is 0 Å². The lowest BCUT2D eigenvalue weighted by atomic mass is 10.0. The molecule has 2 rings (SSSR count). The second-order valence-electron chi connectivity index (χ2n) is 4.23. The molecule has 1 atom stereocenters. The quantitative estimate of drug-likeness (QED) is 0.875. The highest BCUT2D eigenvalue weighted by Gasteiger charge is 2.20. The third-order valence-corrected chi connectivity index (χ3v) is 3.18. The minimum absolute atomic E-state index is 0.0633. The second kappa shape index (κ2) is 6.36. The van der Waals surface area contributed by atoms with Gasteiger partial charge in [0, 0.05) is 17.5 Å². The predicted molar refractivity (Wildman–Crippen MR) is 68.3 cm³/mol. The van der Waals surface area contributed by atoms with Gasteiger partial charge in [-0.15, -0.1) is 0 Å². The molecule has 1 heterocycles. The molecular weight excluding hydrogens is 238 g/mol. The zero-order valence-electron chi connectivity index (χ0n) is 9.99. The first kappa shape index (κ1) is 12.8. The summed E-state index contributed by atoms with van der Waals surface area (Å²) in [6.45, 7) is 1.41. The molecule has 0 radical (unpaired) electrons. The van der Waals surface area contributed by atoms with Gasteiger partial charge in [0.2, 0.25) is 0 Å². The summed E-state index contributed by atoms with van der Waals surface area (Å²) in [6.07, 6.45) is 1.73. The molecule has 0 aromatic heterocycles. The standard InChI is InChI=1S/C13H18ClNO2/c1-15-12(9-13-16-5-6-17-13)8-10-3-2-4-11(14)7-10/h2-4,7,12-13,15H,5-6,8-9H2,1H3. The summed E-state index contributed by atoms with van der Waals surface area (Å²) >= 11 is 5.97. The van der Waals surface area contributed by atoms with Gasteiger partial charge < -0.3 is 14.8 Å². The summed E-state index contributed by atoms with van der Waals surface area (Å²) in [4.78, 5) is 0. The summed E-state index contributed by atoms with van der Waals surface area (Å²) in [5.41, 5.74) is 1.23. The van der Waals surface area contributed by atoms with Crippen molar-refractivity contribution < 1.29 is 9.47 Å². The third kappa shape index (κ3) is 3.96. The van der Waals surface area contributed by atoms with Gasteiger partial charge in [-0.25, -0.2) is 0 Å². The van der Waals surface area contributed by atoms with Crippen LogP contribution in [0.1, 0.15) is 12.0 Å². The van der Waals surface area contributed by atoms with Crippen LogP contribution in [-0.2, 0) is 15.9 Å². The molecule has 1 unspecified atom stereocenters. The first-order valence-electron chi connectivity index (χ1n) is 5.93. The summed E-state index contributed by atoms with van der Waals surface area (Å²) in [6, 6.07) is 8.31. The van der Waals surface area contributed by atoms with Crippen molar-refractivity contribution in [2.45, 2.75) is 25.2 Å². The molecule has 1 saturated heterocycles. The van der Waals surface area contributed by atoms with Crippen LogP contribution in [0.5, 0.6) is 0 Å². The molecule has 1 aliphatic rings. The molecule has 0 saturated carbocycles. The molecule has 1 fully saturated rings. The lowest BCUT2D eigenvalue weighted by Crippen LogP contribution is -2.32. The Morgan fingerprint density at radius 3 is 2.82 bits per heavy atom. The summed E-state index contributed by atoms with van der Waals surface area (Å²) in [5.74, 6) is 0. The van der Waals surface area contributed by atoms with Gasteiger partial charge in [0.05, 0.1) is 13.2 Å². The maximum atomic E-state index is 5.97. The maximum Gasteiger partial charge on any atom is 0.159 e. The molecular formula is C13H18ClNO2. The molecule has 1 N–H and O–H groups in total. The van der Waals surface area contributed by atoms with E-state index < -0.39 is 0 Å². The first-order chi connectivity index (χ1) is 8.28. The fourth-order valence-electron chi connectivity index (χ4n) is 2.03. The molecule has 0 spiro atoms. The highest BCUT2D eigenvalue weighted by molar-refractivity contribution is 6.30. The first-order valence-corrected chi connectivity index (χ1v) is 6.30. The van der Waals surface area contributed by atoms with Crippen LogP contribution in [0.15, 0.2) is 24.3 Å². The van der Waals surface area contributed by atoms with Crippen molar-refractivity contribution in [3.63, 3.8) is 0 Å². The molecule has 1 aromatic rings. The van der Waals surface area contributed by atoms with E-state index in [4.69, 9.17) is 21.1 Å². The van der Waals surface area contributed by atoms with Crippen LogP contribution >= 0.6 is 11.6 Å². The van der Waals surface area contributed by atoms with Crippen LogP contribution in [0.3, 0.4) is 0 Å². The van der Waals surface area contributed by atoms with E-state index in [-0.39, 0.29) is 6.29 Å². The number of benzene rings is 1. The van der Waals surface area contributed by atoms with E-state index in [0.29, 0.717) is 19.3 Å². The molecule has 0 aliphatic carbocycles. The number of hydrogen-bond donors (Lipinski definition) is 1. The summed E-state index contributed by atoms with van der Waals surface area (Å²) in [5, 5.41) is 4.08. The topological polar surface area (TPSA) is 30.5 Å². The lowest BCUT2D eigenvalue weighted by molar-refractivity contribution is -0.0522. The van der Waals surface area contributed by atoms with Gasteiger partial charge in [-0.05, 0) is 31.2 Å². The Bertz CT molecular complexity index is 353. The molecule has 1 aromatic carbocycles. The monoisotopic (exact) mass is 255 g/mol. The molecule has 0 amide bonds. The van der Waals surface area contributed by atoms with E-state index in [2.05, 4.69) is 11.4 Å². The Balaban J connectivity index is 1.90. The highest BCUT2D eigenvalue weighted by atomic mass is 35.5. The smallest absolute Gasteiger partial charge is 0.159 e. The Labute approximate surface area is 107 Å². The van der Waals surface area contributed by atoms with Crippen molar-refractivity contribution in [3.05, 3.63) is 34.9 Å². The number of ether oxygens (including phenoxy) is 2. The van der Waals surface area contributed by atoms with Crippen molar-refractivity contribution >= 4 is 11.6 Å². The van der Waals surface area contributed by atoms with E-state index in [0.717, 1.165) is 17.9 Å². The van der Waals surface area contributed by atoms with Crippen molar-refractivity contribution in [1.29, 1.82) is 0 Å². The molecule has 94 valence electrons. The number of nitrogens with one attached hydrogen (secondary N) is 1. The summed E-state index contributed by atoms with van der Waals surface area (Å²) in [7, 11) is 1.96. The Morgan fingerprint density at radius 2 is 2.18 bits per heavy atom. The van der Waals surface area contributed by atoms with Crippen LogP contribution in [0.25, 0.3) is 0 Å². The fraction of sp³-hybridized carbons (Fsp3) is 0.538. The Kier molecular flexibility index (Phi) is 4.80. The van der Waals surface area contributed by atoms with Crippen molar-refractivity contribution in [3.8, 4) is 0 Å². The van der Waals surface area contributed by atoms with Crippen LogP contribution in [0.2, 0.25) is 5.02 Å². The van der Waals surface area contributed by atoms with Gasteiger partial charge >= 0.3 is 0 Å². The molecule has 17 heavy (non-hydrogen) atoms. The van der Waals surface area contributed by atoms with Crippen molar-refractivity contribution in [2.24, 2.45) is 0 Å². The number of halogens is 1. The molecule has 3 nitrogen and oxygen atoms in total. The van der Waals surface area contributed by atoms with Gasteiger partial charge in [-0.2, -0.15) is 0 Å². The van der Waals surface area contributed by atoms with E-state index >= 15 is 0 Å². The lowest BCUT2D eigenvalue weighted by Gasteiger charge is -2.19. The highest BCUT2D eigenvalue weighted by Crippen LogP contribution is 2.16. The largest absolute Gasteiger partial charge is 0.350 e. The minimum atomic E-state index is -0.0633. The van der Waals surface area contributed by atoms with Crippen molar-refractivity contribution in [2.75, 3.05) is 20.3 Å². The van der Waals surface area contributed by atoms with Gasteiger partial charge in [0.1, 0.15) is 0 Å². The van der Waals surface area contributed by atoms with Crippen molar-refractivity contribution in [1.82, 2.24) is 5.32 Å². The summed E-state index contributed by atoms with van der Waals surface area (Å²) < 4.78 is 10.9. The van der Waals surface area contributed by atoms with E-state index in [1.54, 1.807) is 0 Å². The van der Waals surface area contributed by atoms with Gasteiger partial charge in [0.25, 0.3) is 0 Å². The van der Waals surface area contributed by atoms with Crippen LogP contribution in [0, 0.1) is 0 Å². The average molecular weight is 256 g/mol. The SMILES string of the molecule is CNC(Cc1cccc(Cl)c1)CC1OCCO1. The Morgan fingerprint density at radius 1 is 1.41 bits per heavy atom. The van der Waals surface area contributed by atoms with Crippen LogP contribution in [-0.4, -0.2) is 32.6 Å². The van der Waals surface area contributed by atoms with Crippen LogP contribution < -0.4 is 5.32 Å². The third-order valence-electron chi connectivity index (χ3n) is 2.95. The van der Waals surface area contributed by atoms with E-state index in [1.165, 1.54) is 5.56 Å². The van der Waals surface area contributed by atoms with Gasteiger partial charge in [0.15, 0.2) is 6.29 Å². The number of hydrogen-bond acceptors (Lipinski definition) is 3. The fourth-order valence-corrected chi connectivity index (χ4v) is 2.24. The van der Waals surface area contributed by atoms with Gasteiger partial charge in [-0.3, -0.25) is 0 Å². The molecule has 0 bridgehead atoms.